The normalized spacial score (nSPS) is 42.7. The molecule has 2 aliphatic carbocycles. The Balaban J connectivity index is 1.69. The number of hydrogen-bond donors (Lipinski definition) is 0. The van der Waals surface area contributed by atoms with E-state index in [4.69, 9.17) is 0 Å². The van der Waals surface area contributed by atoms with Crippen LogP contribution in [0, 0.1) is 11.8 Å². The smallest absolute Gasteiger partial charge is 0.0385 e. The first-order chi connectivity index (χ1) is 9.95. The summed E-state index contributed by atoms with van der Waals surface area (Å²) in [4.78, 5) is 2.93. The SMILES string of the molecule is c1ccc2c(c1)[C@H]1C3CCCCN3[C@@H]2[C@H]2CCCC[C@H]21. The molecule has 1 aromatic carbocycles. The standard InChI is InChI=1S/C19H25N/c1-3-9-15-13(7-1)18-14-8-2-4-10-16(14)19(15)20-12-6-5-11-17(18)20/h1,3,7,9,14,16-19H,2,4-6,8,10-12H2/t14-,16+,17?,18-,19+/m1/s1. The summed E-state index contributed by atoms with van der Waals surface area (Å²) < 4.78 is 0. The van der Waals surface area contributed by atoms with Crippen molar-refractivity contribution in [2.75, 3.05) is 6.54 Å². The van der Waals surface area contributed by atoms with E-state index in [2.05, 4.69) is 29.2 Å². The Labute approximate surface area is 122 Å². The summed E-state index contributed by atoms with van der Waals surface area (Å²) in [5, 5.41) is 0. The highest BCUT2D eigenvalue weighted by atomic mass is 15.2. The number of nitrogens with zero attached hydrogens (tertiary/aromatic N) is 1. The molecular weight excluding hydrogens is 242 g/mol. The molecule has 3 heterocycles. The van der Waals surface area contributed by atoms with Crippen LogP contribution in [0.2, 0.25) is 0 Å². The van der Waals surface area contributed by atoms with Crippen LogP contribution in [0.25, 0.3) is 0 Å². The molecule has 106 valence electrons. The highest BCUT2D eigenvalue weighted by molar-refractivity contribution is 5.42. The van der Waals surface area contributed by atoms with E-state index in [1.54, 1.807) is 11.1 Å². The fourth-order valence-corrected chi connectivity index (χ4v) is 6.20. The van der Waals surface area contributed by atoms with Crippen LogP contribution in [0.5, 0.6) is 0 Å². The lowest BCUT2D eigenvalue weighted by atomic mass is 9.54. The van der Waals surface area contributed by atoms with E-state index in [-0.39, 0.29) is 0 Å². The van der Waals surface area contributed by atoms with Crippen LogP contribution in [0.4, 0.5) is 0 Å². The summed E-state index contributed by atoms with van der Waals surface area (Å²) in [5.41, 5.74) is 3.45. The number of benzene rings is 1. The van der Waals surface area contributed by atoms with Crippen molar-refractivity contribution >= 4 is 0 Å². The molecule has 1 unspecified atom stereocenters. The first-order valence-corrected chi connectivity index (χ1v) is 8.80. The Morgan fingerprint density at radius 2 is 1.55 bits per heavy atom. The van der Waals surface area contributed by atoms with Crippen molar-refractivity contribution in [3.05, 3.63) is 35.4 Å². The van der Waals surface area contributed by atoms with Crippen molar-refractivity contribution in [2.45, 2.75) is 62.9 Å². The van der Waals surface area contributed by atoms with Gasteiger partial charge in [0, 0.05) is 18.0 Å². The summed E-state index contributed by atoms with van der Waals surface area (Å²) in [6, 6.07) is 11.1. The highest BCUT2D eigenvalue weighted by Gasteiger charge is 2.55. The topological polar surface area (TPSA) is 3.24 Å². The molecule has 1 saturated carbocycles. The second-order valence-corrected chi connectivity index (χ2v) is 7.51. The third-order valence-electron chi connectivity index (χ3n) is 6.78. The average molecular weight is 267 g/mol. The third-order valence-corrected chi connectivity index (χ3v) is 6.78. The van der Waals surface area contributed by atoms with Crippen molar-refractivity contribution in [1.82, 2.24) is 4.90 Å². The Kier molecular flexibility index (Phi) is 2.56. The molecule has 20 heavy (non-hydrogen) atoms. The molecule has 2 saturated heterocycles. The van der Waals surface area contributed by atoms with Gasteiger partial charge in [-0.15, -0.1) is 0 Å². The minimum Gasteiger partial charge on any atom is -0.292 e. The fourth-order valence-electron chi connectivity index (χ4n) is 6.20. The van der Waals surface area contributed by atoms with Gasteiger partial charge in [0.1, 0.15) is 0 Å². The molecular formula is C19H25N. The van der Waals surface area contributed by atoms with Gasteiger partial charge >= 0.3 is 0 Å². The van der Waals surface area contributed by atoms with Crippen LogP contribution in [0.1, 0.15) is 68.0 Å². The maximum Gasteiger partial charge on any atom is 0.0385 e. The Morgan fingerprint density at radius 1 is 0.800 bits per heavy atom. The summed E-state index contributed by atoms with van der Waals surface area (Å²) in [5.74, 6) is 2.84. The molecule has 6 rings (SSSR count). The zero-order valence-electron chi connectivity index (χ0n) is 12.3. The predicted molar refractivity (Wildman–Crippen MR) is 81.7 cm³/mol. The van der Waals surface area contributed by atoms with Crippen LogP contribution < -0.4 is 0 Å². The van der Waals surface area contributed by atoms with Gasteiger partial charge < -0.3 is 0 Å². The minimum absolute atomic E-state index is 0.770. The van der Waals surface area contributed by atoms with Gasteiger partial charge in [-0.2, -0.15) is 0 Å². The highest BCUT2D eigenvalue weighted by Crippen LogP contribution is 2.61. The summed E-state index contributed by atoms with van der Waals surface area (Å²) >= 11 is 0. The quantitative estimate of drug-likeness (QED) is 0.669. The molecule has 0 spiro atoms. The molecule has 1 aromatic rings. The van der Waals surface area contributed by atoms with Crippen LogP contribution in [0.3, 0.4) is 0 Å². The first kappa shape index (κ1) is 11.8. The number of rotatable bonds is 0. The molecule has 0 N–H and O–H groups in total. The van der Waals surface area contributed by atoms with Crippen LogP contribution in [-0.4, -0.2) is 17.5 Å². The summed E-state index contributed by atoms with van der Waals surface area (Å²) in [6.45, 7) is 1.36. The zero-order valence-corrected chi connectivity index (χ0v) is 12.3. The fraction of sp³-hybridized carbons (Fsp3) is 0.684. The predicted octanol–water partition coefficient (Wildman–Crippen LogP) is 4.50. The van der Waals surface area contributed by atoms with E-state index in [1.807, 2.05) is 0 Å². The van der Waals surface area contributed by atoms with Gasteiger partial charge in [0.25, 0.3) is 0 Å². The Hall–Kier alpha value is -0.820. The molecule has 0 aromatic heterocycles. The third kappa shape index (κ3) is 1.43. The van der Waals surface area contributed by atoms with Crippen molar-refractivity contribution in [3.8, 4) is 0 Å². The van der Waals surface area contributed by atoms with Crippen molar-refractivity contribution in [1.29, 1.82) is 0 Å². The van der Waals surface area contributed by atoms with Gasteiger partial charge in [0.2, 0.25) is 0 Å². The molecule has 1 nitrogen and oxygen atoms in total. The van der Waals surface area contributed by atoms with Crippen molar-refractivity contribution in [2.24, 2.45) is 11.8 Å². The van der Waals surface area contributed by atoms with E-state index in [0.717, 1.165) is 29.8 Å². The lowest BCUT2D eigenvalue weighted by Gasteiger charge is -2.62. The average Bonchev–Trinajstić information content (AvgIpc) is 2.54. The van der Waals surface area contributed by atoms with Gasteiger partial charge in [-0.25, -0.2) is 0 Å². The molecule has 3 fully saturated rings. The van der Waals surface area contributed by atoms with E-state index in [0.29, 0.717) is 0 Å². The maximum absolute atomic E-state index is 2.93. The zero-order chi connectivity index (χ0) is 13.1. The Morgan fingerprint density at radius 3 is 2.45 bits per heavy atom. The Bertz CT molecular complexity index is 451. The van der Waals surface area contributed by atoms with E-state index < -0.39 is 0 Å². The van der Waals surface area contributed by atoms with Crippen LogP contribution >= 0.6 is 0 Å². The molecule has 5 aliphatic rings. The first-order valence-electron chi connectivity index (χ1n) is 8.80. The summed E-state index contributed by atoms with van der Waals surface area (Å²) in [7, 11) is 0. The monoisotopic (exact) mass is 267 g/mol. The number of hydrogen-bond acceptors (Lipinski definition) is 1. The molecule has 5 atom stereocenters. The second-order valence-electron chi connectivity index (χ2n) is 7.51. The van der Waals surface area contributed by atoms with Crippen LogP contribution in [-0.2, 0) is 0 Å². The maximum atomic E-state index is 2.93. The van der Waals surface area contributed by atoms with Crippen molar-refractivity contribution < 1.29 is 0 Å². The minimum atomic E-state index is 0.770. The summed E-state index contributed by atoms with van der Waals surface area (Å²) in [6.07, 6.45) is 10.3. The largest absolute Gasteiger partial charge is 0.292 e. The molecule has 3 aliphatic heterocycles. The van der Waals surface area contributed by atoms with Gasteiger partial charge in [-0.1, -0.05) is 43.5 Å². The number of piperidine rings is 2. The van der Waals surface area contributed by atoms with Gasteiger partial charge in [0.15, 0.2) is 0 Å². The molecule has 0 radical (unpaired) electrons. The van der Waals surface area contributed by atoms with E-state index in [1.165, 1.54) is 51.5 Å². The molecule has 1 heteroatoms. The second kappa shape index (κ2) is 4.34. The van der Waals surface area contributed by atoms with E-state index >= 15 is 0 Å². The van der Waals surface area contributed by atoms with E-state index in [9.17, 15) is 0 Å². The lowest BCUT2D eigenvalue weighted by Crippen LogP contribution is -2.59. The molecule has 2 bridgehead atoms. The van der Waals surface area contributed by atoms with Gasteiger partial charge in [0.05, 0.1) is 0 Å². The van der Waals surface area contributed by atoms with Gasteiger partial charge in [-0.05, 0) is 55.2 Å². The molecule has 0 amide bonds. The lowest BCUT2D eigenvalue weighted by molar-refractivity contribution is -0.0703. The van der Waals surface area contributed by atoms with Crippen LogP contribution in [0.15, 0.2) is 24.3 Å². The van der Waals surface area contributed by atoms with Gasteiger partial charge in [-0.3, -0.25) is 4.90 Å². The van der Waals surface area contributed by atoms with Crippen molar-refractivity contribution in [3.63, 3.8) is 0 Å².